The molecule has 23 heavy (non-hydrogen) atoms. The molecule has 0 saturated carbocycles. The lowest BCUT2D eigenvalue weighted by Gasteiger charge is -2.20. The Balaban J connectivity index is 2.05. The van der Waals surface area contributed by atoms with Crippen LogP contribution < -0.4 is 9.47 Å². The van der Waals surface area contributed by atoms with Gasteiger partial charge in [-0.3, -0.25) is 0 Å². The molecule has 0 bridgehead atoms. The first-order valence-electron chi connectivity index (χ1n) is 8.58. The van der Waals surface area contributed by atoms with Crippen molar-refractivity contribution in [2.45, 2.75) is 47.1 Å². The largest absolute Gasteiger partial charge is 0.392 e. The molecule has 3 rings (SSSR count). The number of aliphatic hydroxyl groups is 1. The van der Waals surface area contributed by atoms with Crippen LogP contribution in [-0.2, 0) is 6.54 Å². The van der Waals surface area contributed by atoms with E-state index in [1.54, 1.807) is 0 Å². The minimum Gasteiger partial charge on any atom is -0.392 e. The maximum absolute atomic E-state index is 9.25. The summed E-state index contributed by atoms with van der Waals surface area (Å²) in [5, 5.41) is 9.25. The third-order valence-corrected chi connectivity index (χ3v) is 5.10. The van der Waals surface area contributed by atoms with Gasteiger partial charge >= 0.3 is 0 Å². The normalized spacial score (nSPS) is 14.7. The summed E-state index contributed by atoms with van der Waals surface area (Å²) in [5.74, 6) is 0. The molecule has 0 aliphatic carbocycles. The predicted molar refractivity (Wildman–Crippen MR) is 93.4 cm³/mol. The SMILES string of the molecule is Cc1cc(N2CCCC2)cc(C)c1-n1c[n+](CCO)c(C)c1C. The van der Waals surface area contributed by atoms with E-state index in [1.165, 1.54) is 59.8 Å². The van der Waals surface area contributed by atoms with E-state index in [1.807, 2.05) is 0 Å². The van der Waals surface area contributed by atoms with Crippen LogP contribution in [0.1, 0.15) is 35.4 Å². The van der Waals surface area contributed by atoms with E-state index >= 15 is 0 Å². The maximum Gasteiger partial charge on any atom is 0.249 e. The van der Waals surface area contributed by atoms with Crippen molar-refractivity contribution in [2.24, 2.45) is 0 Å². The number of aryl methyl sites for hydroxylation is 2. The monoisotopic (exact) mass is 314 g/mol. The first kappa shape index (κ1) is 16.1. The molecule has 0 amide bonds. The Morgan fingerprint density at radius 3 is 2.22 bits per heavy atom. The van der Waals surface area contributed by atoms with Gasteiger partial charge < -0.3 is 10.0 Å². The van der Waals surface area contributed by atoms with Gasteiger partial charge in [-0.25, -0.2) is 4.57 Å². The summed E-state index contributed by atoms with van der Waals surface area (Å²) in [6.45, 7) is 11.8. The lowest BCUT2D eigenvalue weighted by Crippen LogP contribution is -2.36. The molecule has 1 aromatic carbocycles. The van der Waals surface area contributed by atoms with Crippen molar-refractivity contribution in [3.63, 3.8) is 0 Å². The molecule has 1 aliphatic heterocycles. The molecule has 4 heteroatoms. The van der Waals surface area contributed by atoms with Gasteiger partial charge in [-0.05, 0) is 49.9 Å². The minimum atomic E-state index is 0.167. The van der Waals surface area contributed by atoms with E-state index in [9.17, 15) is 5.11 Å². The number of hydrogen-bond donors (Lipinski definition) is 1. The standard InChI is InChI=1S/C19H28N3O/c1-14-11-18(20-7-5-6-8-20)12-15(2)19(14)22-13-21(9-10-23)16(3)17(22)4/h11-13,23H,5-10H2,1-4H3/q+1. The fourth-order valence-electron chi connectivity index (χ4n) is 3.72. The summed E-state index contributed by atoms with van der Waals surface area (Å²) in [5.41, 5.74) is 7.68. The summed E-state index contributed by atoms with van der Waals surface area (Å²) in [7, 11) is 0. The highest BCUT2D eigenvalue weighted by atomic mass is 16.3. The van der Waals surface area contributed by atoms with Gasteiger partial charge in [0.2, 0.25) is 6.33 Å². The second-order valence-electron chi connectivity index (χ2n) is 6.70. The Labute approximate surface area is 139 Å². The van der Waals surface area contributed by atoms with E-state index in [2.05, 4.69) is 60.2 Å². The smallest absolute Gasteiger partial charge is 0.249 e. The van der Waals surface area contributed by atoms with Gasteiger partial charge in [0.05, 0.1) is 6.61 Å². The molecule has 0 unspecified atom stereocenters. The topological polar surface area (TPSA) is 32.3 Å². The van der Waals surface area contributed by atoms with Crippen LogP contribution in [0.5, 0.6) is 0 Å². The summed E-state index contributed by atoms with van der Waals surface area (Å²) in [4.78, 5) is 2.49. The van der Waals surface area contributed by atoms with Crippen LogP contribution in [-0.4, -0.2) is 29.4 Å². The number of benzene rings is 1. The van der Waals surface area contributed by atoms with E-state index in [-0.39, 0.29) is 6.61 Å². The van der Waals surface area contributed by atoms with Gasteiger partial charge in [-0.15, -0.1) is 0 Å². The summed E-state index contributed by atoms with van der Waals surface area (Å²) < 4.78 is 4.39. The van der Waals surface area contributed by atoms with Crippen molar-refractivity contribution in [3.8, 4) is 5.69 Å². The molecule has 2 heterocycles. The molecule has 0 spiro atoms. The molecular formula is C19H28N3O+. The Bertz CT molecular complexity index is 689. The Hall–Kier alpha value is -1.81. The average Bonchev–Trinajstić information content (AvgIpc) is 3.12. The summed E-state index contributed by atoms with van der Waals surface area (Å²) >= 11 is 0. The fourth-order valence-corrected chi connectivity index (χ4v) is 3.72. The second-order valence-corrected chi connectivity index (χ2v) is 6.70. The van der Waals surface area contributed by atoms with Crippen LogP contribution in [0.4, 0.5) is 5.69 Å². The van der Waals surface area contributed by atoms with Crippen LogP contribution >= 0.6 is 0 Å². The zero-order valence-corrected chi connectivity index (χ0v) is 14.8. The molecule has 1 fully saturated rings. The Morgan fingerprint density at radius 2 is 1.65 bits per heavy atom. The van der Waals surface area contributed by atoms with E-state index in [0.29, 0.717) is 6.54 Å². The predicted octanol–water partition coefficient (Wildman–Crippen LogP) is 2.59. The van der Waals surface area contributed by atoms with E-state index in [0.717, 1.165) is 0 Å². The summed E-state index contributed by atoms with van der Waals surface area (Å²) in [6, 6.07) is 4.64. The van der Waals surface area contributed by atoms with Crippen LogP contribution in [0, 0.1) is 27.7 Å². The van der Waals surface area contributed by atoms with Crippen molar-refractivity contribution in [1.29, 1.82) is 0 Å². The third kappa shape index (κ3) is 2.88. The molecular weight excluding hydrogens is 286 g/mol. The van der Waals surface area contributed by atoms with Gasteiger partial charge in [0, 0.05) is 32.6 Å². The molecule has 1 N–H and O–H groups in total. The zero-order valence-electron chi connectivity index (χ0n) is 14.8. The van der Waals surface area contributed by atoms with Crippen LogP contribution in [0.25, 0.3) is 5.69 Å². The molecule has 1 aromatic heterocycles. The molecule has 4 nitrogen and oxygen atoms in total. The molecule has 124 valence electrons. The highest BCUT2D eigenvalue weighted by Crippen LogP contribution is 2.29. The highest BCUT2D eigenvalue weighted by Gasteiger charge is 2.22. The minimum absolute atomic E-state index is 0.167. The molecule has 2 aromatic rings. The number of nitrogens with zero attached hydrogens (tertiary/aromatic N) is 3. The number of imidazole rings is 1. The Morgan fingerprint density at radius 1 is 1.04 bits per heavy atom. The average molecular weight is 314 g/mol. The highest BCUT2D eigenvalue weighted by molar-refractivity contribution is 5.60. The number of aromatic nitrogens is 2. The maximum atomic E-state index is 9.25. The van der Waals surface area contributed by atoms with Crippen LogP contribution in [0.2, 0.25) is 0 Å². The lowest BCUT2D eigenvalue weighted by molar-refractivity contribution is -0.703. The van der Waals surface area contributed by atoms with Gasteiger partial charge in [-0.2, -0.15) is 4.57 Å². The summed E-state index contributed by atoms with van der Waals surface area (Å²) in [6.07, 6.45) is 4.72. The van der Waals surface area contributed by atoms with Gasteiger partial charge in [-0.1, -0.05) is 0 Å². The van der Waals surface area contributed by atoms with Gasteiger partial charge in [0.25, 0.3) is 0 Å². The van der Waals surface area contributed by atoms with Gasteiger partial charge in [0.15, 0.2) is 0 Å². The first-order valence-corrected chi connectivity index (χ1v) is 8.58. The second kappa shape index (κ2) is 6.36. The van der Waals surface area contributed by atoms with Crippen LogP contribution in [0.3, 0.4) is 0 Å². The van der Waals surface area contributed by atoms with Crippen LogP contribution in [0.15, 0.2) is 18.5 Å². The van der Waals surface area contributed by atoms with Crippen molar-refractivity contribution in [2.75, 3.05) is 24.6 Å². The van der Waals surface area contributed by atoms with Crippen molar-refractivity contribution in [3.05, 3.63) is 41.0 Å². The van der Waals surface area contributed by atoms with Gasteiger partial charge in [0.1, 0.15) is 23.6 Å². The number of anilines is 1. The Kier molecular flexibility index (Phi) is 4.44. The van der Waals surface area contributed by atoms with E-state index in [4.69, 9.17) is 0 Å². The number of aliphatic hydroxyl groups excluding tert-OH is 1. The third-order valence-electron chi connectivity index (χ3n) is 5.10. The van der Waals surface area contributed by atoms with E-state index < -0.39 is 0 Å². The zero-order chi connectivity index (χ0) is 16.6. The molecule has 0 radical (unpaired) electrons. The molecule has 1 saturated heterocycles. The quantitative estimate of drug-likeness (QED) is 0.880. The fraction of sp³-hybridized carbons (Fsp3) is 0.526. The lowest BCUT2D eigenvalue weighted by atomic mass is 10.1. The van der Waals surface area contributed by atoms with Crippen molar-refractivity contribution >= 4 is 5.69 Å². The first-order chi connectivity index (χ1) is 11.0. The van der Waals surface area contributed by atoms with Crippen molar-refractivity contribution in [1.82, 2.24) is 4.57 Å². The molecule has 0 atom stereocenters. The number of rotatable bonds is 4. The molecule has 1 aliphatic rings. The number of hydrogen-bond acceptors (Lipinski definition) is 2. The van der Waals surface area contributed by atoms with Crippen molar-refractivity contribution < 1.29 is 9.67 Å².